The Morgan fingerprint density at radius 2 is 1.97 bits per heavy atom. The van der Waals surface area contributed by atoms with Crippen LogP contribution < -0.4 is 5.32 Å². The van der Waals surface area contributed by atoms with Crippen LogP contribution >= 0.6 is 11.6 Å². The molecule has 1 aromatic carbocycles. The molecule has 2 aliphatic rings. The van der Waals surface area contributed by atoms with Gasteiger partial charge in [0.1, 0.15) is 11.5 Å². The summed E-state index contributed by atoms with van der Waals surface area (Å²) in [5.41, 5.74) is 0.263. The zero-order valence-electron chi connectivity index (χ0n) is 16.6. The third-order valence-corrected chi connectivity index (χ3v) is 6.88. The summed E-state index contributed by atoms with van der Waals surface area (Å²) in [4.78, 5) is 17.4. The maximum absolute atomic E-state index is 13.4. The molecular formula is C20H20B3ClFN3O2. The number of carbonyl (C=O) groups is 1. The normalized spacial score (nSPS) is 28.5. The minimum absolute atomic E-state index is 0.0649. The summed E-state index contributed by atoms with van der Waals surface area (Å²) in [7, 11) is 19.1. The molecule has 1 amide bonds. The number of aliphatic hydroxyl groups is 1. The van der Waals surface area contributed by atoms with Crippen molar-refractivity contribution in [3.05, 3.63) is 46.8 Å². The molecule has 30 heavy (non-hydrogen) atoms. The first-order valence-corrected chi connectivity index (χ1v) is 10.2. The topological polar surface area (TPSA) is 67.2 Å². The van der Waals surface area contributed by atoms with Gasteiger partial charge in [0.25, 0.3) is 5.91 Å². The largest absolute Gasteiger partial charge is 0.392 e. The minimum atomic E-state index is -1.64. The Balaban J connectivity index is 1.51. The van der Waals surface area contributed by atoms with E-state index in [0.29, 0.717) is 29.9 Å². The van der Waals surface area contributed by atoms with Crippen molar-refractivity contribution in [3.63, 3.8) is 0 Å². The van der Waals surface area contributed by atoms with Gasteiger partial charge in [0.05, 0.1) is 40.6 Å². The van der Waals surface area contributed by atoms with Crippen LogP contribution in [0.4, 0.5) is 10.1 Å². The average molecular weight is 421 g/mol. The Morgan fingerprint density at radius 3 is 2.53 bits per heavy atom. The molecule has 2 unspecified atom stereocenters. The maximum atomic E-state index is 13.4. The fourth-order valence-corrected chi connectivity index (χ4v) is 5.21. The van der Waals surface area contributed by atoms with Gasteiger partial charge in [-0.05, 0) is 55.7 Å². The van der Waals surface area contributed by atoms with E-state index in [-0.39, 0.29) is 28.7 Å². The van der Waals surface area contributed by atoms with E-state index in [1.54, 1.807) is 17.9 Å². The Kier molecular flexibility index (Phi) is 5.34. The number of hydrogen-bond donors (Lipinski definition) is 2. The van der Waals surface area contributed by atoms with Gasteiger partial charge in [-0.1, -0.05) is 11.6 Å². The minimum Gasteiger partial charge on any atom is -0.392 e. The molecule has 0 bridgehead atoms. The van der Waals surface area contributed by atoms with Gasteiger partial charge in [0, 0.05) is 24.3 Å². The monoisotopic (exact) mass is 421 g/mol. The van der Waals surface area contributed by atoms with Crippen LogP contribution in [0.2, 0.25) is 10.1 Å². The fourth-order valence-electron chi connectivity index (χ4n) is 5.03. The van der Waals surface area contributed by atoms with Crippen LogP contribution in [0.3, 0.4) is 0 Å². The highest BCUT2D eigenvalue weighted by atomic mass is 35.5. The second-order valence-electron chi connectivity index (χ2n) is 8.73. The van der Waals surface area contributed by atoms with Crippen molar-refractivity contribution >= 4 is 46.7 Å². The molecule has 150 valence electrons. The number of aromatic nitrogens is 2. The molecular weight excluding hydrogens is 401 g/mol. The number of imidazole rings is 1. The van der Waals surface area contributed by atoms with Gasteiger partial charge in [0.2, 0.25) is 0 Å². The second kappa shape index (κ2) is 7.45. The molecule has 2 N–H and O–H groups in total. The van der Waals surface area contributed by atoms with E-state index >= 15 is 0 Å². The summed E-state index contributed by atoms with van der Waals surface area (Å²) < 4.78 is 15.1. The average Bonchev–Trinajstić information content (AvgIpc) is 3.28. The molecule has 2 aliphatic carbocycles. The van der Waals surface area contributed by atoms with Gasteiger partial charge in [-0.2, -0.15) is 0 Å². The number of benzene rings is 1. The standard InChI is InChI=1S/C20H20B3ClFN3O2/c1-28-9-26-16(17(28)18(29)27-13-2-3-15(25)14(24)6-13)10-4-11-7-19(30,20(21,22)23)8-12(11)5-10/h2-3,6,9-12,30H,4-5,7-8H2,1H3,(H,27,29). The van der Waals surface area contributed by atoms with E-state index in [4.69, 9.17) is 35.1 Å². The maximum Gasteiger partial charge on any atom is 0.274 e. The van der Waals surface area contributed by atoms with Crippen LogP contribution in [-0.4, -0.2) is 49.7 Å². The molecule has 0 saturated heterocycles. The highest BCUT2D eigenvalue weighted by Gasteiger charge is 2.53. The lowest BCUT2D eigenvalue weighted by Crippen LogP contribution is -2.43. The van der Waals surface area contributed by atoms with Gasteiger partial charge in [-0.15, -0.1) is 5.11 Å². The predicted molar refractivity (Wildman–Crippen MR) is 116 cm³/mol. The van der Waals surface area contributed by atoms with E-state index < -0.39 is 16.5 Å². The number of rotatable bonds is 4. The number of nitrogens with zero attached hydrogens (tertiary/aromatic N) is 2. The fraction of sp³-hybridized carbons (Fsp3) is 0.500. The number of carbonyl (C=O) groups excluding carboxylic acids is 1. The number of halogens is 2. The van der Waals surface area contributed by atoms with E-state index in [1.165, 1.54) is 18.2 Å². The quantitative estimate of drug-likeness (QED) is 0.747. The summed E-state index contributed by atoms with van der Waals surface area (Å²) in [6, 6.07) is 4.02. The molecule has 2 fully saturated rings. The van der Waals surface area contributed by atoms with Crippen molar-refractivity contribution in [2.75, 3.05) is 5.32 Å². The van der Waals surface area contributed by atoms with Crippen molar-refractivity contribution in [1.82, 2.24) is 9.55 Å². The summed E-state index contributed by atoms with van der Waals surface area (Å²) in [5.74, 6) is -0.394. The summed E-state index contributed by atoms with van der Waals surface area (Å²) in [6.45, 7) is 0. The highest BCUT2D eigenvalue weighted by Crippen LogP contribution is 2.57. The first kappa shape index (κ1) is 21.5. The number of amides is 1. The van der Waals surface area contributed by atoms with Crippen molar-refractivity contribution < 1.29 is 14.3 Å². The lowest BCUT2D eigenvalue weighted by atomic mass is 9.35. The molecule has 2 aromatic rings. The van der Waals surface area contributed by atoms with Crippen LogP contribution in [0.15, 0.2) is 24.5 Å². The van der Waals surface area contributed by atoms with Crippen molar-refractivity contribution in [2.45, 2.75) is 42.3 Å². The third-order valence-electron chi connectivity index (χ3n) is 6.59. The van der Waals surface area contributed by atoms with Crippen LogP contribution in [0, 0.1) is 17.7 Å². The number of aryl methyl sites for hydroxylation is 1. The van der Waals surface area contributed by atoms with E-state index in [0.717, 1.165) is 12.8 Å². The number of anilines is 1. The number of nitrogens with one attached hydrogen (secondary N) is 1. The van der Waals surface area contributed by atoms with Gasteiger partial charge in [0.15, 0.2) is 0 Å². The predicted octanol–water partition coefficient (Wildman–Crippen LogP) is 2.68. The van der Waals surface area contributed by atoms with E-state index in [1.807, 2.05) is 0 Å². The molecule has 1 aromatic heterocycles. The SMILES string of the molecule is [B]C([B])([B])C1(O)CC2CC(c3ncn(C)c3C(=O)Nc3ccc(F)c(Cl)c3)CC2C1. The summed E-state index contributed by atoms with van der Waals surface area (Å²) in [6.07, 6.45) is 4.00. The molecule has 6 radical (unpaired) electrons. The molecule has 2 atom stereocenters. The first-order valence-electron chi connectivity index (χ1n) is 9.85. The van der Waals surface area contributed by atoms with Gasteiger partial charge in [-0.25, -0.2) is 9.37 Å². The second-order valence-corrected chi connectivity index (χ2v) is 9.14. The Bertz CT molecular complexity index is 980. The zero-order chi connectivity index (χ0) is 21.8. The summed E-state index contributed by atoms with van der Waals surface area (Å²) >= 11 is 5.81. The Labute approximate surface area is 184 Å². The number of hydrogen-bond acceptors (Lipinski definition) is 3. The van der Waals surface area contributed by atoms with Crippen LogP contribution in [-0.2, 0) is 7.05 Å². The molecule has 4 rings (SSSR count). The van der Waals surface area contributed by atoms with E-state index in [2.05, 4.69) is 10.3 Å². The smallest absolute Gasteiger partial charge is 0.274 e. The number of fused-ring (bicyclic) bond motifs is 1. The molecule has 0 aliphatic heterocycles. The Hall–Kier alpha value is -1.73. The molecule has 10 heteroatoms. The van der Waals surface area contributed by atoms with Gasteiger partial charge in [-0.3, -0.25) is 4.79 Å². The van der Waals surface area contributed by atoms with Crippen molar-refractivity contribution in [1.29, 1.82) is 0 Å². The van der Waals surface area contributed by atoms with E-state index in [9.17, 15) is 14.3 Å². The van der Waals surface area contributed by atoms with Crippen LogP contribution in [0.1, 0.15) is 47.8 Å². The highest BCUT2D eigenvalue weighted by molar-refractivity contribution is 6.59. The first-order chi connectivity index (χ1) is 14.0. The van der Waals surface area contributed by atoms with Crippen LogP contribution in [0.5, 0.6) is 0 Å². The van der Waals surface area contributed by atoms with Crippen molar-refractivity contribution in [2.24, 2.45) is 18.9 Å². The van der Waals surface area contributed by atoms with Gasteiger partial charge < -0.3 is 15.0 Å². The molecule has 2 saturated carbocycles. The van der Waals surface area contributed by atoms with Crippen molar-refractivity contribution in [3.8, 4) is 0 Å². The molecule has 5 nitrogen and oxygen atoms in total. The Morgan fingerprint density at radius 1 is 1.33 bits per heavy atom. The molecule has 0 spiro atoms. The zero-order valence-corrected chi connectivity index (χ0v) is 17.4. The summed E-state index contributed by atoms with van der Waals surface area (Å²) in [5, 5.41) is 11.8. The lowest BCUT2D eigenvalue weighted by molar-refractivity contribution is 0.0390. The van der Waals surface area contributed by atoms with Gasteiger partial charge >= 0.3 is 0 Å². The van der Waals surface area contributed by atoms with Crippen LogP contribution in [0.25, 0.3) is 0 Å². The third kappa shape index (κ3) is 3.71. The molecule has 1 heterocycles. The lowest BCUT2D eigenvalue weighted by Gasteiger charge is -2.39.